The highest BCUT2D eigenvalue weighted by Crippen LogP contribution is 2.05. The Kier molecular flexibility index (Phi) is 6.56. The molecule has 0 aliphatic carbocycles. The minimum Gasteiger partial charge on any atom is -0.465 e. The molecule has 110 valence electrons. The zero-order chi connectivity index (χ0) is 15.0. The van der Waals surface area contributed by atoms with E-state index in [0.29, 0.717) is 13.2 Å². The van der Waals surface area contributed by atoms with Gasteiger partial charge in [-0.05, 0) is 26.3 Å². The number of amides is 2. The smallest absolute Gasteiger partial charge is 0.325 e. The predicted octanol–water partition coefficient (Wildman–Crippen LogP) is 2.17. The standard InChI is InChI=1S/C15H22N2O3/c1-4-20-14(18)11-17(15(19)16-12(2)3)10-13-8-6-5-7-9-13/h5-9,12H,4,10-11H2,1-3H3,(H,16,19). The summed E-state index contributed by atoms with van der Waals surface area (Å²) in [6.07, 6.45) is 0. The molecule has 0 saturated heterocycles. The second-order valence-corrected chi connectivity index (χ2v) is 4.75. The van der Waals surface area contributed by atoms with Crippen molar-refractivity contribution in [2.24, 2.45) is 0 Å². The van der Waals surface area contributed by atoms with Gasteiger partial charge in [0, 0.05) is 12.6 Å². The van der Waals surface area contributed by atoms with Gasteiger partial charge in [0.25, 0.3) is 0 Å². The molecule has 20 heavy (non-hydrogen) atoms. The van der Waals surface area contributed by atoms with Crippen LogP contribution in [0.25, 0.3) is 0 Å². The van der Waals surface area contributed by atoms with E-state index in [4.69, 9.17) is 4.74 Å². The minimum absolute atomic E-state index is 0.0166. The molecule has 0 aromatic heterocycles. The minimum atomic E-state index is -0.401. The largest absolute Gasteiger partial charge is 0.465 e. The van der Waals surface area contributed by atoms with Gasteiger partial charge in [-0.1, -0.05) is 30.3 Å². The maximum Gasteiger partial charge on any atom is 0.325 e. The summed E-state index contributed by atoms with van der Waals surface area (Å²) in [5, 5.41) is 2.79. The fourth-order valence-electron chi connectivity index (χ4n) is 1.70. The number of carbonyl (C=O) groups excluding carboxylic acids is 2. The summed E-state index contributed by atoms with van der Waals surface area (Å²) in [7, 11) is 0. The van der Waals surface area contributed by atoms with Crippen molar-refractivity contribution < 1.29 is 14.3 Å². The molecule has 1 aromatic carbocycles. The number of urea groups is 1. The molecular formula is C15H22N2O3. The van der Waals surface area contributed by atoms with Crippen LogP contribution in [-0.4, -0.2) is 36.1 Å². The summed E-state index contributed by atoms with van der Waals surface area (Å²) < 4.78 is 4.90. The van der Waals surface area contributed by atoms with Crippen molar-refractivity contribution in [1.29, 1.82) is 0 Å². The molecule has 0 atom stereocenters. The zero-order valence-electron chi connectivity index (χ0n) is 12.3. The maximum absolute atomic E-state index is 12.1. The molecule has 1 aromatic rings. The van der Waals surface area contributed by atoms with Crippen molar-refractivity contribution in [2.45, 2.75) is 33.4 Å². The van der Waals surface area contributed by atoms with E-state index in [0.717, 1.165) is 5.56 Å². The normalized spacial score (nSPS) is 10.2. The molecule has 0 radical (unpaired) electrons. The first-order chi connectivity index (χ1) is 9.52. The summed E-state index contributed by atoms with van der Waals surface area (Å²) >= 11 is 0. The number of benzene rings is 1. The van der Waals surface area contributed by atoms with Gasteiger partial charge in [-0.15, -0.1) is 0 Å². The third-order valence-electron chi connectivity index (χ3n) is 2.54. The predicted molar refractivity (Wildman–Crippen MR) is 77.2 cm³/mol. The molecule has 0 heterocycles. The Morgan fingerprint density at radius 1 is 1.25 bits per heavy atom. The highest BCUT2D eigenvalue weighted by molar-refractivity contribution is 5.81. The van der Waals surface area contributed by atoms with Crippen LogP contribution in [0.3, 0.4) is 0 Å². The molecule has 0 saturated carbocycles. The van der Waals surface area contributed by atoms with Crippen molar-refractivity contribution in [3.05, 3.63) is 35.9 Å². The Balaban J connectivity index is 2.73. The van der Waals surface area contributed by atoms with Crippen molar-refractivity contribution in [1.82, 2.24) is 10.2 Å². The lowest BCUT2D eigenvalue weighted by molar-refractivity contribution is -0.143. The van der Waals surface area contributed by atoms with E-state index in [1.54, 1.807) is 6.92 Å². The Labute approximate surface area is 119 Å². The van der Waals surface area contributed by atoms with Crippen molar-refractivity contribution in [2.75, 3.05) is 13.2 Å². The molecule has 5 heteroatoms. The van der Waals surface area contributed by atoms with Crippen LogP contribution in [0.1, 0.15) is 26.3 Å². The summed E-state index contributed by atoms with van der Waals surface area (Å²) in [4.78, 5) is 25.1. The Bertz CT molecular complexity index is 432. The molecule has 2 amide bonds. The average molecular weight is 278 g/mol. The molecule has 0 spiro atoms. The Morgan fingerprint density at radius 3 is 2.45 bits per heavy atom. The lowest BCUT2D eigenvalue weighted by Crippen LogP contribution is -2.45. The first-order valence-corrected chi connectivity index (χ1v) is 6.78. The van der Waals surface area contributed by atoms with Crippen molar-refractivity contribution >= 4 is 12.0 Å². The third kappa shape index (κ3) is 5.73. The highest BCUT2D eigenvalue weighted by atomic mass is 16.5. The summed E-state index contributed by atoms with van der Waals surface area (Å²) in [6.45, 7) is 6.13. The van der Waals surface area contributed by atoms with Gasteiger partial charge in [0.15, 0.2) is 0 Å². The van der Waals surface area contributed by atoms with E-state index in [1.165, 1.54) is 4.90 Å². The van der Waals surface area contributed by atoms with Crippen LogP contribution in [-0.2, 0) is 16.1 Å². The van der Waals surface area contributed by atoms with Gasteiger partial charge >= 0.3 is 12.0 Å². The van der Waals surface area contributed by atoms with E-state index >= 15 is 0 Å². The van der Waals surface area contributed by atoms with Crippen LogP contribution in [0.15, 0.2) is 30.3 Å². The lowest BCUT2D eigenvalue weighted by atomic mass is 10.2. The van der Waals surface area contributed by atoms with Gasteiger partial charge in [0.05, 0.1) is 6.61 Å². The van der Waals surface area contributed by atoms with Crippen LogP contribution in [0.4, 0.5) is 4.79 Å². The van der Waals surface area contributed by atoms with Crippen LogP contribution in [0, 0.1) is 0 Å². The van der Waals surface area contributed by atoms with Crippen LogP contribution >= 0.6 is 0 Å². The van der Waals surface area contributed by atoms with E-state index < -0.39 is 5.97 Å². The molecule has 0 aliphatic rings. The van der Waals surface area contributed by atoms with Gasteiger partial charge in [-0.25, -0.2) is 4.79 Å². The van der Waals surface area contributed by atoms with E-state index in [-0.39, 0.29) is 18.6 Å². The molecular weight excluding hydrogens is 256 g/mol. The third-order valence-corrected chi connectivity index (χ3v) is 2.54. The molecule has 0 unspecified atom stereocenters. The Morgan fingerprint density at radius 2 is 1.90 bits per heavy atom. The van der Waals surface area contributed by atoms with Crippen molar-refractivity contribution in [3.63, 3.8) is 0 Å². The van der Waals surface area contributed by atoms with E-state index in [9.17, 15) is 9.59 Å². The van der Waals surface area contributed by atoms with E-state index in [1.807, 2.05) is 44.2 Å². The second-order valence-electron chi connectivity index (χ2n) is 4.75. The summed E-state index contributed by atoms with van der Waals surface area (Å²) in [5.41, 5.74) is 0.968. The number of esters is 1. The van der Waals surface area contributed by atoms with Gasteiger partial charge in [-0.2, -0.15) is 0 Å². The van der Waals surface area contributed by atoms with Gasteiger partial charge in [0.2, 0.25) is 0 Å². The number of nitrogens with zero attached hydrogens (tertiary/aromatic N) is 1. The molecule has 1 N–H and O–H groups in total. The molecule has 0 aliphatic heterocycles. The molecule has 0 fully saturated rings. The number of nitrogens with one attached hydrogen (secondary N) is 1. The number of ether oxygens (including phenoxy) is 1. The van der Waals surface area contributed by atoms with Gasteiger partial charge < -0.3 is 15.0 Å². The summed E-state index contributed by atoms with van der Waals surface area (Å²) in [5.74, 6) is -0.401. The fourth-order valence-corrected chi connectivity index (χ4v) is 1.70. The lowest BCUT2D eigenvalue weighted by Gasteiger charge is -2.23. The number of rotatable bonds is 6. The highest BCUT2D eigenvalue weighted by Gasteiger charge is 2.18. The number of carbonyl (C=O) groups is 2. The Hall–Kier alpha value is -2.04. The van der Waals surface area contributed by atoms with Gasteiger partial charge in [-0.3, -0.25) is 4.79 Å². The quantitative estimate of drug-likeness (QED) is 0.811. The molecule has 0 bridgehead atoms. The average Bonchev–Trinajstić information content (AvgIpc) is 2.38. The van der Waals surface area contributed by atoms with Crippen LogP contribution in [0.2, 0.25) is 0 Å². The monoisotopic (exact) mass is 278 g/mol. The SMILES string of the molecule is CCOC(=O)CN(Cc1ccccc1)C(=O)NC(C)C. The van der Waals surface area contributed by atoms with Crippen molar-refractivity contribution in [3.8, 4) is 0 Å². The first-order valence-electron chi connectivity index (χ1n) is 6.78. The topological polar surface area (TPSA) is 58.6 Å². The summed E-state index contributed by atoms with van der Waals surface area (Å²) in [6, 6.07) is 9.30. The number of hydrogen-bond acceptors (Lipinski definition) is 3. The van der Waals surface area contributed by atoms with Gasteiger partial charge in [0.1, 0.15) is 6.54 Å². The number of hydrogen-bond donors (Lipinski definition) is 1. The molecule has 1 rings (SSSR count). The van der Waals surface area contributed by atoms with E-state index in [2.05, 4.69) is 5.32 Å². The molecule has 5 nitrogen and oxygen atoms in total. The zero-order valence-corrected chi connectivity index (χ0v) is 12.3. The first kappa shape index (κ1) is 16.0. The maximum atomic E-state index is 12.1. The second kappa shape index (κ2) is 8.19. The van der Waals surface area contributed by atoms with Crippen LogP contribution < -0.4 is 5.32 Å². The van der Waals surface area contributed by atoms with Crippen LogP contribution in [0.5, 0.6) is 0 Å². The fraction of sp³-hybridized carbons (Fsp3) is 0.467.